The number of non-ortho nitro benzene ring substituents is 1. The molecule has 2 aromatic carbocycles. The maximum Gasteiger partial charge on any atom is 0.271 e. The highest BCUT2D eigenvalue weighted by Gasteiger charge is 2.24. The molecule has 2 atom stereocenters. The van der Waals surface area contributed by atoms with Gasteiger partial charge in [-0.2, -0.15) is 0 Å². The number of ether oxygens (including phenoxy) is 1. The molecular weight excluding hydrogens is 400 g/mol. The van der Waals surface area contributed by atoms with Gasteiger partial charge in [-0.1, -0.05) is 41.9 Å². The zero-order valence-electron chi connectivity index (χ0n) is 15.2. The normalized spacial score (nSPS) is 19.0. The predicted octanol–water partition coefficient (Wildman–Crippen LogP) is 2.02. The van der Waals surface area contributed by atoms with Crippen molar-refractivity contribution in [3.8, 4) is 0 Å². The molecule has 1 unspecified atom stereocenters. The summed E-state index contributed by atoms with van der Waals surface area (Å²) < 4.78 is 5.83. The molecule has 3 rings (SSSR count). The van der Waals surface area contributed by atoms with Gasteiger partial charge >= 0.3 is 0 Å². The van der Waals surface area contributed by atoms with E-state index in [1.54, 1.807) is 0 Å². The third kappa shape index (κ3) is 5.87. The molecular formula is C19H22ClN4O3S+. The molecule has 0 aromatic heterocycles. The van der Waals surface area contributed by atoms with Gasteiger partial charge in [-0.25, -0.2) is 0 Å². The van der Waals surface area contributed by atoms with Gasteiger partial charge < -0.3 is 20.3 Å². The van der Waals surface area contributed by atoms with E-state index in [0.29, 0.717) is 29.0 Å². The number of morpholine rings is 1. The van der Waals surface area contributed by atoms with Crippen molar-refractivity contribution in [2.24, 2.45) is 0 Å². The van der Waals surface area contributed by atoms with Crippen LogP contribution in [0.15, 0.2) is 48.5 Å². The SMILES string of the molecule is O=[N+]([O-])c1ccc(Cl)c(NC(=S)NC[C@@H]2C[NH+](Cc3ccccc3)CCO2)c1. The second-order valence-electron chi connectivity index (χ2n) is 6.62. The van der Waals surface area contributed by atoms with Gasteiger partial charge in [0, 0.05) is 24.2 Å². The average molecular weight is 422 g/mol. The minimum Gasteiger partial charge on any atom is -0.365 e. The molecule has 7 nitrogen and oxygen atoms in total. The first kappa shape index (κ1) is 20.5. The zero-order chi connectivity index (χ0) is 19.9. The van der Waals surface area contributed by atoms with Crippen LogP contribution in [-0.4, -0.2) is 42.4 Å². The van der Waals surface area contributed by atoms with E-state index < -0.39 is 4.92 Å². The number of quaternary nitrogens is 1. The minimum atomic E-state index is -0.474. The lowest BCUT2D eigenvalue weighted by Crippen LogP contribution is -3.13. The molecule has 0 spiro atoms. The topological polar surface area (TPSA) is 80.9 Å². The summed E-state index contributed by atoms with van der Waals surface area (Å²) in [5, 5.41) is 17.7. The second-order valence-corrected chi connectivity index (χ2v) is 7.43. The van der Waals surface area contributed by atoms with Crippen LogP contribution in [0, 0.1) is 10.1 Å². The Morgan fingerprint density at radius 3 is 2.86 bits per heavy atom. The molecule has 0 amide bonds. The number of halogens is 1. The third-order valence-corrected chi connectivity index (χ3v) is 5.10. The lowest BCUT2D eigenvalue weighted by Gasteiger charge is -2.30. The van der Waals surface area contributed by atoms with Crippen LogP contribution >= 0.6 is 23.8 Å². The van der Waals surface area contributed by atoms with E-state index in [9.17, 15) is 10.1 Å². The molecule has 1 aliphatic rings. The number of thiocarbonyl (C=S) groups is 1. The second kappa shape index (κ2) is 9.79. The van der Waals surface area contributed by atoms with Crippen LogP contribution in [0.1, 0.15) is 5.56 Å². The Labute approximate surface area is 173 Å². The number of hydrogen-bond acceptors (Lipinski definition) is 4. The molecule has 1 fully saturated rings. The Bertz CT molecular complexity index is 837. The van der Waals surface area contributed by atoms with Crippen LogP contribution < -0.4 is 15.5 Å². The number of nitro groups is 1. The summed E-state index contributed by atoms with van der Waals surface area (Å²) in [6, 6.07) is 14.6. The summed E-state index contributed by atoms with van der Waals surface area (Å²) in [5.41, 5.74) is 1.66. The van der Waals surface area contributed by atoms with Crippen LogP contribution in [0.25, 0.3) is 0 Å². The third-order valence-electron chi connectivity index (χ3n) is 4.52. The van der Waals surface area contributed by atoms with Gasteiger partial charge in [-0.15, -0.1) is 0 Å². The standard InChI is InChI=1S/C19H21ClN4O3S/c20-17-7-6-15(24(25)26)10-18(17)22-19(28)21-11-16-13-23(8-9-27-16)12-14-4-2-1-3-5-14/h1-7,10,16H,8-9,11-13H2,(H2,21,22,28)/p+1/t16-/m1/s1. The molecule has 0 aliphatic carbocycles. The molecule has 3 N–H and O–H groups in total. The number of nitrogens with zero attached hydrogens (tertiary/aromatic N) is 1. The van der Waals surface area contributed by atoms with E-state index in [2.05, 4.69) is 34.9 Å². The molecule has 1 aliphatic heterocycles. The van der Waals surface area contributed by atoms with E-state index >= 15 is 0 Å². The maximum atomic E-state index is 10.9. The summed E-state index contributed by atoms with van der Waals surface area (Å²) in [5.74, 6) is 0. The Kier molecular flexibility index (Phi) is 7.16. The fourth-order valence-corrected chi connectivity index (χ4v) is 3.48. The Balaban J connectivity index is 1.49. The van der Waals surface area contributed by atoms with E-state index in [1.165, 1.54) is 28.7 Å². The number of nitrogens with one attached hydrogen (secondary N) is 3. The molecule has 148 valence electrons. The van der Waals surface area contributed by atoms with Crippen molar-refractivity contribution in [1.82, 2.24) is 5.32 Å². The van der Waals surface area contributed by atoms with Crippen molar-refractivity contribution in [1.29, 1.82) is 0 Å². The van der Waals surface area contributed by atoms with Crippen LogP contribution in [0.5, 0.6) is 0 Å². The molecule has 1 saturated heterocycles. The monoisotopic (exact) mass is 421 g/mol. The molecule has 28 heavy (non-hydrogen) atoms. The number of nitro benzene ring substituents is 1. The van der Waals surface area contributed by atoms with Crippen LogP contribution in [0.2, 0.25) is 5.02 Å². The van der Waals surface area contributed by atoms with E-state index in [-0.39, 0.29) is 11.8 Å². The van der Waals surface area contributed by atoms with Gasteiger partial charge in [0.1, 0.15) is 25.7 Å². The first-order chi connectivity index (χ1) is 13.5. The summed E-state index contributed by atoms with van der Waals surface area (Å²) >= 11 is 11.4. The molecule has 2 aromatic rings. The molecule has 9 heteroatoms. The Morgan fingerprint density at radius 2 is 2.11 bits per heavy atom. The highest BCUT2D eigenvalue weighted by atomic mass is 35.5. The highest BCUT2D eigenvalue weighted by Crippen LogP contribution is 2.26. The van der Waals surface area contributed by atoms with Gasteiger partial charge in [-0.05, 0) is 18.3 Å². The first-order valence-corrected chi connectivity index (χ1v) is 9.78. The summed E-state index contributed by atoms with van der Waals surface area (Å²) in [6.45, 7) is 4.06. The van der Waals surface area contributed by atoms with Crippen molar-refractivity contribution in [2.75, 3.05) is 31.6 Å². The number of anilines is 1. The number of hydrogen-bond donors (Lipinski definition) is 3. The van der Waals surface area contributed by atoms with Gasteiger partial charge in [0.05, 0.1) is 22.2 Å². The van der Waals surface area contributed by atoms with Crippen molar-refractivity contribution < 1.29 is 14.6 Å². The first-order valence-electron chi connectivity index (χ1n) is 8.99. The molecule has 0 radical (unpaired) electrons. The van der Waals surface area contributed by atoms with E-state index in [1.807, 2.05) is 6.07 Å². The van der Waals surface area contributed by atoms with Gasteiger partial charge in [0.15, 0.2) is 5.11 Å². The lowest BCUT2D eigenvalue weighted by atomic mass is 10.2. The van der Waals surface area contributed by atoms with Crippen LogP contribution in [-0.2, 0) is 11.3 Å². The van der Waals surface area contributed by atoms with Crippen LogP contribution in [0.4, 0.5) is 11.4 Å². The minimum absolute atomic E-state index is 0.0350. The summed E-state index contributed by atoms with van der Waals surface area (Å²) in [6.07, 6.45) is 0.0350. The van der Waals surface area contributed by atoms with Crippen molar-refractivity contribution in [3.05, 3.63) is 69.2 Å². The summed E-state index contributed by atoms with van der Waals surface area (Å²) in [7, 11) is 0. The van der Waals surface area contributed by atoms with E-state index in [4.69, 9.17) is 28.6 Å². The van der Waals surface area contributed by atoms with Gasteiger partial charge in [0.2, 0.25) is 0 Å². The molecule has 0 bridgehead atoms. The number of benzene rings is 2. The molecule has 1 heterocycles. The maximum absolute atomic E-state index is 10.9. The Morgan fingerprint density at radius 1 is 1.32 bits per heavy atom. The van der Waals surface area contributed by atoms with Crippen LogP contribution in [0.3, 0.4) is 0 Å². The van der Waals surface area contributed by atoms with Gasteiger partial charge in [0.25, 0.3) is 5.69 Å². The fraction of sp³-hybridized carbons (Fsp3) is 0.316. The van der Waals surface area contributed by atoms with Crippen molar-refractivity contribution in [3.63, 3.8) is 0 Å². The smallest absolute Gasteiger partial charge is 0.271 e. The molecule has 0 saturated carbocycles. The highest BCUT2D eigenvalue weighted by molar-refractivity contribution is 7.80. The Hall–Kier alpha value is -2.26. The largest absolute Gasteiger partial charge is 0.365 e. The van der Waals surface area contributed by atoms with Crippen molar-refractivity contribution in [2.45, 2.75) is 12.6 Å². The number of rotatable bonds is 6. The zero-order valence-corrected chi connectivity index (χ0v) is 16.8. The average Bonchev–Trinajstić information content (AvgIpc) is 2.69. The summed E-state index contributed by atoms with van der Waals surface area (Å²) in [4.78, 5) is 11.9. The van der Waals surface area contributed by atoms with Crippen molar-refractivity contribution >= 4 is 40.3 Å². The quantitative estimate of drug-likeness (QED) is 0.376. The predicted molar refractivity (Wildman–Crippen MR) is 113 cm³/mol. The van der Waals surface area contributed by atoms with Gasteiger partial charge in [-0.3, -0.25) is 10.1 Å². The fourth-order valence-electron chi connectivity index (χ4n) is 3.12. The van der Waals surface area contributed by atoms with E-state index in [0.717, 1.165) is 19.6 Å². The lowest BCUT2D eigenvalue weighted by molar-refractivity contribution is -0.925.